The third kappa shape index (κ3) is 3.71. The van der Waals surface area contributed by atoms with Crippen molar-refractivity contribution in [2.24, 2.45) is 4.99 Å². The van der Waals surface area contributed by atoms with Gasteiger partial charge in [0.2, 0.25) is 0 Å². The Labute approximate surface area is 186 Å². The van der Waals surface area contributed by atoms with Crippen molar-refractivity contribution in [2.45, 2.75) is 0 Å². The number of nitrogens with one attached hydrogen (secondary N) is 1. The summed E-state index contributed by atoms with van der Waals surface area (Å²) in [4.78, 5) is 11.8. The van der Waals surface area contributed by atoms with Crippen LogP contribution in [0.3, 0.4) is 0 Å². The lowest BCUT2D eigenvalue weighted by molar-refractivity contribution is 0.395. The molecule has 1 aliphatic heterocycles. The number of hydrogen-bond donors (Lipinski definition) is 1. The molecule has 0 aliphatic carbocycles. The van der Waals surface area contributed by atoms with Gasteiger partial charge in [0, 0.05) is 12.3 Å². The normalized spacial score (nSPS) is 13.0. The molecule has 0 unspecified atom stereocenters. The molecule has 0 saturated heterocycles. The minimum Gasteiger partial charge on any atom is -0.495 e. The second kappa shape index (κ2) is 8.28. The van der Waals surface area contributed by atoms with E-state index in [0.717, 1.165) is 10.6 Å². The number of ether oxygens (including phenoxy) is 2. The molecule has 1 aromatic carbocycles. The Bertz CT molecular complexity index is 1060. The second-order valence-corrected chi connectivity index (χ2v) is 8.06. The number of aromatic nitrogens is 1. The van der Waals surface area contributed by atoms with Gasteiger partial charge in [0.05, 0.1) is 35.5 Å². The maximum absolute atomic E-state index is 6.60. The molecule has 4 rings (SSSR count). The SMILES string of the molecule is COc1cc(OC)c(Cl)c(N2CN=C(Nc3ccc(Cl)cn3)c3sccc32)c1Cl. The molecule has 10 heteroatoms. The van der Waals surface area contributed by atoms with Gasteiger partial charge in [-0.25, -0.2) is 9.98 Å². The number of hydrogen-bond acceptors (Lipinski definition) is 7. The summed E-state index contributed by atoms with van der Waals surface area (Å²) >= 11 is 20.7. The van der Waals surface area contributed by atoms with Crippen LogP contribution >= 0.6 is 46.1 Å². The fraction of sp³-hybridized carbons (Fsp3) is 0.158. The number of rotatable bonds is 4. The molecule has 1 N–H and O–H groups in total. The molecular weight excluding hydrogens is 455 g/mol. The lowest BCUT2D eigenvalue weighted by Gasteiger charge is -2.30. The predicted molar refractivity (Wildman–Crippen MR) is 120 cm³/mol. The van der Waals surface area contributed by atoms with Gasteiger partial charge in [0.15, 0.2) is 0 Å². The van der Waals surface area contributed by atoms with E-state index in [4.69, 9.17) is 44.3 Å². The average Bonchev–Trinajstić information content (AvgIpc) is 3.22. The standard InChI is InChI=1S/C19H15Cl3N4O2S/c1-27-12-7-13(28-2)16(22)17(15(12)21)26-9-24-19(18-11(26)5-6-29-18)25-14-4-3-10(20)8-23-14/h3-8H,9H2,1-2H3,(H,23,24,25). The van der Waals surface area contributed by atoms with E-state index < -0.39 is 0 Å². The molecule has 2 aromatic heterocycles. The van der Waals surface area contributed by atoms with Crippen LogP contribution in [0.15, 0.2) is 40.8 Å². The quantitative estimate of drug-likeness (QED) is 0.501. The van der Waals surface area contributed by atoms with Crippen LogP contribution in [0.2, 0.25) is 15.1 Å². The summed E-state index contributed by atoms with van der Waals surface area (Å²) in [5.41, 5.74) is 1.50. The van der Waals surface area contributed by atoms with E-state index in [2.05, 4.69) is 15.3 Å². The highest BCUT2D eigenvalue weighted by atomic mass is 35.5. The van der Waals surface area contributed by atoms with E-state index in [-0.39, 0.29) is 0 Å². The van der Waals surface area contributed by atoms with Gasteiger partial charge in [-0.05, 0) is 23.6 Å². The van der Waals surface area contributed by atoms with Gasteiger partial charge in [-0.2, -0.15) is 0 Å². The Morgan fingerprint density at radius 3 is 2.41 bits per heavy atom. The highest BCUT2D eigenvalue weighted by Gasteiger charge is 2.29. The first-order chi connectivity index (χ1) is 14.0. The van der Waals surface area contributed by atoms with Gasteiger partial charge in [-0.15, -0.1) is 11.3 Å². The van der Waals surface area contributed by atoms with Crippen molar-refractivity contribution in [1.82, 2.24) is 4.98 Å². The first kappa shape index (κ1) is 20.1. The zero-order valence-corrected chi connectivity index (χ0v) is 18.5. The first-order valence-corrected chi connectivity index (χ1v) is 10.4. The Morgan fingerprint density at radius 1 is 1.07 bits per heavy atom. The van der Waals surface area contributed by atoms with E-state index in [1.54, 1.807) is 50.0 Å². The van der Waals surface area contributed by atoms with Crippen LogP contribution in [0.25, 0.3) is 0 Å². The van der Waals surface area contributed by atoms with Gasteiger partial charge in [-0.3, -0.25) is 0 Å². The van der Waals surface area contributed by atoms with E-state index in [0.29, 0.717) is 50.6 Å². The molecular formula is C19H15Cl3N4O2S. The molecule has 0 spiro atoms. The number of amidine groups is 1. The summed E-state index contributed by atoms with van der Waals surface area (Å²) in [6.45, 7) is 0.301. The Morgan fingerprint density at radius 2 is 1.79 bits per heavy atom. The van der Waals surface area contributed by atoms with Crippen LogP contribution in [0.1, 0.15) is 4.88 Å². The van der Waals surface area contributed by atoms with E-state index in [1.165, 1.54) is 0 Å². The number of anilines is 3. The summed E-state index contributed by atoms with van der Waals surface area (Å²) in [5, 5.41) is 6.58. The topological polar surface area (TPSA) is 59.0 Å². The molecule has 0 saturated carbocycles. The van der Waals surface area contributed by atoms with Crippen LogP contribution in [0.5, 0.6) is 11.5 Å². The minimum atomic E-state index is 0.301. The fourth-order valence-electron chi connectivity index (χ4n) is 2.95. The predicted octanol–water partition coefficient (Wildman–Crippen LogP) is 6.09. The molecule has 0 bridgehead atoms. The molecule has 0 amide bonds. The zero-order chi connectivity index (χ0) is 20.5. The summed E-state index contributed by atoms with van der Waals surface area (Å²) in [7, 11) is 3.09. The maximum atomic E-state index is 6.60. The molecule has 3 aromatic rings. The average molecular weight is 470 g/mol. The minimum absolute atomic E-state index is 0.301. The molecule has 0 atom stereocenters. The van der Waals surface area contributed by atoms with Crippen molar-refractivity contribution in [1.29, 1.82) is 0 Å². The zero-order valence-electron chi connectivity index (χ0n) is 15.4. The van der Waals surface area contributed by atoms with Crippen molar-refractivity contribution < 1.29 is 9.47 Å². The molecule has 6 nitrogen and oxygen atoms in total. The van der Waals surface area contributed by atoms with Gasteiger partial charge in [-0.1, -0.05) is 34.8 Å². The van der Waals surface area contributed by atoms with Gasteiger partial charge in [0.25, 0.3) is 0 Å². The van der Waals surface area contributed by atoms with Gasteiger partial charge < -0.3 is 19.7 Å². The summed E-state index contributed by atoms with van der Waals surface area (Å²) in [6.07, 6.45) is 1.58. The van der Waals surface area contributed by atoms with Gasteiger partial charge >= 0.3 is 0 Å². The van der Waals surface area contributed by atoms with Crippen molar-refractivity contribution in [3.05, 3.63) is 55.8 Å². The van der Waals surface area contributed by atoms with Crippen molar-refractivity contribution in [3.8, 4) is 11.5 Å². The Balaban J connectivity index is 1.75. The lowest BCUT2D eigenvalue weighted by Crippen LogP contribution is -2.28. The number of methoxy groups -OCH3 is 2. The van der Waals surface area contributed by atoms with Crippen LogP contribution in [-0.2, 0) is 0 Å². The number of aliphatic imine (C=N–C) groups is 1. The van der Waals surface area contributed by atoms with E-state index in [1.807, 2.05) is 16.3 Å². The van der Waals surface area contributed by atoms with Crippen LogP contribution < -0.4 is 19.7 Å². The van der Waals surface area contributed by atoms with Crippen molar-refractivity contribution in [2.75, 3.05) is 31.1 Å². The Hall–Kier alpha value is -2.19. The van der Waals surface area contributed by atoms with Crippen molar-refractivity contribution >= 4 is 69.2 Å². The van der Waals surface area contributed by atoms with E-state index >= 15 is 0 Å². The number of nitrogens with zero attached hydrogens (tertiary/aromatic N) is 3. The number of fused-ring (bicyclic) bond motifs is 1. The number of thiophene rings is 1. The van der Waals surface area contributed by atoms with Gasteiger partial charge in [0.1, 0.15) is 39.9 Å². The van der Waals surface area contributed by atoms with Crippen LogP contribution in [-0.4, -0.2) is 31.7 Å². The highest BCUT2D eigenvalue weighted by molar-refractivity contribution is 7.13. The number of halogens is 3. The Kier molecular flexibility index (Phi) is 5.74. The molecule has 0 fully saturated rings. The fourth-order valence-corrected chi connectivity index (χ4v) is 4.63. The van der Waals surface area contributed by atoms with Crippen molar-refractivity contribution in [3.63, 3.8) is 0 Å². The van der Waals surface area contributed by atoms with Crippen LogP contribution in [0.4, 0.5) is 17.2 Å². The monoisotopic (exact) mass is 468 g/mol. The second-order valence-electron chi connectivity index (χ2n) is 5.96. The van der Waals surface area contributed by atoms with Crippen LogP contribution in [0, 0.1) is 0 Å². The van der Waals surface area contributed by atoms with E-state index in [9.17, 15) is 0 Å². The summed E-state index contributed by atoms with van der Waals surface area (Å²) in [6, 6.07) is 7.22. The molecule has 29 heavy (non-hydrogen) atoms. The third-order valence-corrected chi connectivity index (χ3v) is 6.18. The third-order valence-electron chi connectivity index (χ3n) is 4.31. The first-order valence-electron chi connectivity index (χ1n) is 8.42. The largest absolute Gasteiger partial charge is 0.495 e. The molecule has 3 heterocycles. The molecule has 0 radical (unpaired) electrons. The highest BCUT2D eigenvalue weighted by Crippen LogP contribution is 2.49. The number of benzene rings is 1. The lowest BCUT2D eigenvalue weighted by atomic mass is 10.2. The molecule has 1 aliphatic rings. The smallest absolute Gasteiger partial charge is 0.148 e. The molecule has 150 valence electrons. The number of pyridine rings is 1. The summed E-state index contributed by atoms with van der Waals surface area (Å²) < 4.78 is 10.8. The maximum Gasteiger partial charge on any atom is 0.148 e. The summed E-state index contributed by atoms with van der Waals surface area (Å²) in [5.74, 6) is 2.30.